The van der Waals surface area contributed by atoms with Crippen LogP contribution in [0.2, 0.25) is 0 Å². The first-order chi connectivity index (χ1) is 20.6. The smallest absolute Gasteiger partial charge is 0.328 e. The Morgan fingerprint density at radius 1 is 1.02 bits per heavy atom. The molecule has 0 saturated carbocycles. The van der Waals surface area contributed by atoms with Gasteiger partial charge in [-0.15, -0.1) is 0 Å². The van der Waals surface area contributed by atoms with Gasteiger partial charge in [0.05, 0.1) is 32.3 Å². The van der Waals surface area contributed by atoms with E-state index in [2.05, 4.69) is 10.6 Å². The van der Waals surface area contributed by atoms with Crippen molar-refractivity contribution in [2.24, 2.45) is 0 Å². The molecule has 226 valence electrons. The highest BCUT2D eigenvalue weighted by Gasteiger charge is 2.30. The van der Waals surface area contributed by atoms with Gasteiger partial charge in [-0.25, -0.2) is 9.10 Å². The van der Waals surface area contributed by atoms with E-state index in [0.717, 1.165) is 5.56 Å². The van der Waals surface area contributed by atoms with Gasteiger partial charge in [0, 0.05) is 34.6 Å². The maximum absolute atomic E-state index is 13.7. The summed E-state index contributed by atoms with van der Waals surface area (Å²) in [6.07, 6.45) is 0.148. The summed E-state index contributed by atoms with van der Waals surface area (Å²) in [5.41, 5.74) is 2.60. The van der Waals surface area contributed by atoms with Crippen LogP contribution in [-0.2, 0) is 25.5 Å². The number of benzene rings is 3. The highest BCUT2D eigenvalue weighted by molar-refractivity contribution is 7.97. The lowest BCUT2D eigenvalue weighted by Gasteiger charge is -2.28. The molecule has 0 aromatic heterocycles. The third-order valence-corrected chi connectivity index (χ3v) is 7.75. The number of nitrogens with zero attached hydrogens (tertiary/aromatic N) is 2. The van der Waals surface area contributed by atoms with Crippen LogP contribution in [0.25, 0.3) is 11.1 Å². The van der Waals surface area contributed by atoms with Crippen molar-refractivity contribution in [2.45, 2.75) is 30.3 Å². The molecule has 12 nitrogen and oxygen atoms in total. The Morgan fingerprint density at radius 3 is 2.30 bits per heavy atom. The van der Waals surface area contributed by atoms with E-state index < -0.39 is 34.8 Å². The largest absolute Gasteiger partial charge is 0.496 e. The number of carbonyl (C=O) groups excluding carboxylic acids is 3. The summed E-state index contributed by atoms with van der Waals surface area (Å²) in [4.78, 5) is 50.7. The summed E-state index contributed by atoms with van der Waals surface area (Å²) in [6, 6.07) is 14.8. The average molecular weight is 609 g/mol. The minimum atomic E-state index is -0.988. The van der Waals surface area contributed by atoms with E-state index in [1.165, 1.54) is 24.1 Å². The molecule has 2 atom stereocenters. The number of ether oxygens (including phenoxy) is 3. The van der Waals surface area contributed by atoms with Crippen molar-refractivity contribution in [3.8, 4) is 22.6 Å². The molecule has 3 aromatic carbocycles. The predicted octanol–water partition coefficient (Wildman–Crippen LogP) is 3.68. The van der Waals surface area contributed by atoms with Gasteiger partial charge in [-0.2, -0.15) is 0 Å². The number of non-ortho nitro benzene ring substituents is 1. The number of likely N-dealkylation sites (N-methyl/N-ethyl adjacent to an activating group) is 1. The van der Waals surface area contributed by atoms with Gasteiger partial charge in [0.2, 0.25) is 11.8 Å². The second-order valence-electron chi connectivity index (χ2n) is 9.58. The summed E-state index contributed by atoms with van der Waals surface area (Å²) in [7, 11) is 4.79. The molecule has 4 bridgehead atoms. The minimum Gasteiger partial charge on any atom is -0.496 e. The zero-order valence-corrected chi connectivity index (χ0v) is 24.9. The molecular weight excluding hydrogens is 576 g/mol. The highest BCUT2D eigenvalue weighted by atomic mass is 32.2. The van der Waals surface area contributed by atoms with Gasteiger partial charge < -0.3 is 24.8 Å². The van der Waals surface area contributed by atoms with Gasteiger partial charge >= 0.3 is 5.97 Å². The Balaban J connectivity index is 1.82. The number of methoxy groups -OCH3 is 2. The fourth-order valence-corrected chi connectivity index (χ4v) is 5.67. The van der Waals surface area contributed by atoms with Crippen molar-refractivity contribution in [3.63, 3.8) is 0 Å². The number of amides is 2. The Kier molecular flexibility index (Phi) is 10.2. The zero-order valence-electron chi connectivity index (χ0n) is 24.1. The first kappa shape index (κ1) is 31.3. The second-order valence-corrected chi connectivity index (χ2v) is 10.8. The van der Waals surface area contributed by atoms with Crippen molar-refractivity contribution in [3.05, 3.63) is 81.9 Å². The number of nitro groups is 1. The summed E-state index contributed by atoms with van der Waals surface area (Å²) < 4.78 is 18.2. The molecule has 0 aliphatic carbocycles. The van der Waals surface area contributed by atoms with E-state index in [0.29, 0.717) is 33.1 Å². The van der Waals surface area contributed by atoms with Gasteiger partial charge in [0.1, 0.15) is 23.6 Å². The number of rotatable bonds is 8. The van der Waals surface area contributed by atoms with Gasteiger partial charge in [0.25, 0.3) is 5.69 Å². The van der Waals surface area contributed by atoms with E-state index in [-0.39, 0.29) is 25.3 Å². The molecular formula is C30H32N4O8S. The zero-order chi connectivity index (χ0) is 31.1. The lowest BCUT2D eigenvalue weighted by atomic mass is 9.94. The van der Waals surface area contributed by atoms with Crippen LogP contribution in [-0.4, -0.2) is 67.5 Å². The van der Waals surface area contributed by atoms with Crippen LogP contribution < -0.4 is 20.1 Å². The molecule has 0 spiro atoms. The van der Waals surface area contributed by atoms with Crippen LogP contribution in [0.5, 0.6) is 11.5 Å². The maximum atomic E-state index is 13.7. The normalized spacial score (nSPS) is 16.9. The van der Waals surface area contributed by atoms with Crippen LogP contribution in [0.3, 0.4) is 0 Å². The topological polar surface area (TPSA) is 149 Å². The number of hydrogen-bond acceptors (Lipinski definition) is 10. The van der Waals surface area contributed by atoms with Crippen LogP contribution in [0.15, 0.2) is 65.6 Å². The van der Waals surface area contributed by atoms with Crippen molar-refractivity contribution < 1.29 is 33.5 Å². The Morgan fingerprint density at radius 2 is 1.67 bits per heavy atom. The van der Waals surface area contributed by atoms with Gasteiger partial charge in [-0.3, -0.25) is 19.7 Å². The van der Waals surface area contributed by atoms with Crippen molar-refractivity contribution in [2.75, 3.05) is 34.4 Å². The molecule has 3 aromatic rings. The number of nitro benzene ring substituents is 1. The molecule has 1 aliphatic heterocycles. The van der Waals surface area contributed by atoms with Crippen molar-refractivity contribution in [1.82, 2.24) is 14.9 Å². The highest BCUT2D eigenvalue weighted by Crippen LogP contribution is 2.41. The molecule has 13 heteroatoms. The third-order valence-electron chi connectivity index (χ3n) is 6.77. The monoisotopic (exact) mass is 608 g/mol. The summed E-state index contributed by atoms with van der Waals surface area (Å²) >= 11 is 1.21. The van der Waals surface area contributed by atoms with Crippen LogP contribution in [0, 0.1) is 10.1 Å². The fourth-order valence-electron chi connectivity index (χ4n) is 4.75. The second kappa shape index (κ2) is 14.0. The lowest BCUT2D eigenvalue weighted by Crippen LogP contribution is -2.48. The summed E-state index contributed by atoms with van der Waals surface area (Å²) in [5, 5.41) is 16.5. The number of carbonyl (C=O) groups is 3. The van der Waals surface area contributed by atoms with E-state index in [9.17, 15) is 24.5 Å². The molecule has 4 rings (SSSR count). The Bertz CT molecular complexity index is 1510. The summed E-state index contributed by atoms with van der Waals surface area (Å²) in [6.45, 7) is 1.44. The molecule has 2 amide bonds. The van der Waals surface area contributed by atoms with E-state index in [4.69, 9.17) is 14.2 Å². The van der Waals surface area contributed by atoms with Crippen molar-refractivity contribution in [1.29, 1.82) is 0 Å². The first-order valence-electron chi connectivity index (χ1n) is 13.4. The SMILES string of the molecule is CCOC(=O)C1Cc2ccc(OC)c(c2)-c2cc(ccc2OC)C(N(C)Sc2ccc([N+](=O)[O-])cc2)C(=O)NCC(=O)N1. The average Bonchev–Trinajstić information content (AvgIpc) is 2.99. The van der Waals surface area contributed by atoms with Gasteiger partial charge in [-0.05, 0) is 73.4 Å². The minimum absolute atomic E-state index is 0.0501. The van der Waals surface area contributed by atoms with E-state index in [1.807, 2.05) is 18.2 Å². The molecule has 43 heavy (non-hydrogen) atoms. The molecule has 0 saturated heterocycles. The van der Waals surface area contributed by atoms with Crippen LogP contribution >= 0.6 is 11.9 Å². The van der Waals surface area contributed by atoms with E-state index >= 15 is 0 Å². The molecule has 1 aliphatic rings. The van der Waals surface area contributed by atoms with Crippen LogP contribution in [0.1, 0.15) is 24.1 Å². The molecule has 2 unspecified atom stereocenters. The summed E-state index contributed by atoms with van der Waals surface area (Å²) in [5.74, 6) is -0.557. The lowest BCUT2D eigenvalue weighted by molar-refractivity contribution is -0.384. The van der Waals surface area contributed by atoms with Gasteiger partial charge in [0.15, 0.2) is 0 Å². The standard InChI is InChI=1S/C30H32N4O8S/c1-5-42-30(37)24-15-18-6-12-25(40-3)22(14-18)23-16-19(7-13-26(23)41-4)28(29(36)31-17-27(35)32-24)33(2)43-21-10-8-20(9-11-21)34(38)39/h6-14,16,24,28H,5,15,17H2,1-4H3,(H,31,36)(H,32,35). The number of hydrogen-bond donors (Lipinski definition) is 2. The molecule has 0 radical (unpaired) electrons. The number of nitrogens with one attached hydrogen (secondary N) is 2. The van der Waals surface area contributed by atoms with Crippen LogP contribution in [0.4, 0.5) is 5.69 Å². The van der Waals surface area contributed by atoms with E-state index in [1.54, 1.807) is 62.8 Å². The molecule has 0 fully saturated rings. The molecule has 1 heterocycles. The predicted molar refractivity (Wildman–Crippen MR) is 160 cm³/mol. The Hall–Kier alpha value is -4.62. The fraction of sp³-hybridized carbons (Fsp3) is 0.300. The third kappa shape index (κ3) is 7.43. The first-order valence-corrected chi connectivity index (χ1v) is 14.2. The van der Waals surface area contributed by atoms with Crippen molar-refractivity contribution >= 4 is 35.4 Å². The van der Waals surface area contributed by atoms with Gasteiger partial charge in [-0.1, -0.05) is 12.1 Å². The number of fused-ring (bicyclic) bond motifs is 5. The molecule has 2 N–H and O–H groups in total. The quantitative estimate of drug-likeness (QED) is 0.168. The maximum Gasteiger partial charge on any atom is 0.328 e. The Labute approximate surface area is 253 Å². The number of esters is 1.